The van der Waals surface area contributed by atoms with E-state index in [0.717, 1.165) is 31.6 Å². The van der Waals surface area contributed by atoms with Crippen molar-refractivity contribution in [2.45, 2.75) is 70.0 Å². The highest BCUT2D eigenvalue weighted by Gasteiger charge is 2.52. The summed E-state index contributed by atoms with van der Waals surface area (Å²) in [4.78, 5) is 47.0. The van der Waals surface area contributed by atoms with Crippen molar-refractivity contribution in [3.63, 3.8) is 0 Å². The second kappa shape index (κ2) is 8.50. The second-order valence-electron chi connectivity index (χ2n) is 9.88. The van der Waals surface area contributed by atoms with E-state index in [1.165, 1.54) is 25.9 Å². The van der Waals surface area contributed by atoms with Crippen molar-refractivity contribution in [2.75, 3.05) is 37.6 Å². The molecule has 4 aliphatic heterocycles. The van der Waals surface area contributed by atoms with Gasteiger partial charge in [-0.25, -0.2) is 0 Å². The van der Waals surface area contributed by atoms with Crippen LogP contribution in [0.25, 0.3) is 0 Å². The van der Waals surface area contributed by atoms with Gasteiger partial charge in [0.15, 0.2) is 0 Å². The molecule has 0 bridgehead atoms. The first-order valence-electron chi connectivity index (χ1n) is 12.2. The third kappa shape index (κ3) is 3.60. The number of amides is 3. The first-order valence-corrected chi connectivity index (χ1v) is 12.2. The molecule has 5 rings (SSSR count). The molecule has 3 fully saturated rings. The van der Waals surface area contributed by atoms with Gasteiger partial charge in [-0.05, 0) is 70.7 Å². The fraction of sp³-hybridized carbons (Fsp3) is 0.640. The fourth-order valence-corrected chi connectivity index (χ4v) is 6.18. The molecule has 0 aromatic heterocycles. The smallest absolute Gasteiger partial charge is 0.257 e. The van der Waals surface area contributed by atoms with Crippen molar-refractivity contribution in [1.82, 2.24) is 14.7 Å². The summed E-state index contributed by atoms with van der Waals surface area (Å²) < 4.78 is 0. The summed E-state index contributed by atoms with van der Waals surface area (Å²) in [6, 6.07) is 8.01. The number of rotatable bonds is 5. The molecule has 4 aliphatic rings. The minimum atomic E-state index is -0.639. The first-order chi connectivity index (χ1) is 15.5. The van der Waals surface area contributed by atoms with Gasteiger partial charge in [0.25, 0.3) is 5.91 Å². The fourth-order valence-electron chi connectivity index (χ4n) is 6.18. The molecule has 7 heteroatoms. The Labute approximate surface area is 190 Å². The summed E-state index contributed by atoms with van der Waals surface area (Å²) in [6.45, 7) is 6.58. The Morgan fingerprint density at radius 1 is 1.06 bits per heavy atom. The topological polar surface area (TPSA) is 64.2 Å². The lowest BCUT2D eigenvalue weighted by molar-refractivity contribution is -0.133. The van der Waals surface area contributed by atoms with Gasteiger partial charge in [0.1, 0.15) is 5.66 Å². The van der Waals surface area contributed by atoms with Crippen molar-refractivity contribution in [1.29, 1.82) is 0 Å². The van der Waals surface area contributed by atoms with Crippen LogP contribution in [0.15, 0.2) is 24.3 Å². The Kier molecular flexibility index (Phi) is 5.70. The SMILES string of the molecule is CC12CCC(=O)N1c1ccccc1C(=O)N2CCCC(=O)N1CCC(N2CCCC2)CC1. The third-order valence-corrected chi connectivity index (χ3v) is 7.99. The number of likely N-dealkylation sites (tertiary alicyclic amines) is 2. The van der Waals surface area contributed by atoms with Crippen molar-refractivity contribution < 1.29 is 14.4 Å². The van der Waals surface area contributed by atoms with E-state index in [0.29, 0.717) is 43.8 Å². The zero-order valence-corrected chi connectivity index (χ0v) is 19.1. The third-order valence-electron chi connectivity index (χ3n) is 7.99. The highest BCUT2D eigenvalue weighted by Crippen LogP contribution is 2.44. The van der Waals surface area contributed by atoms with Gasteiger partial charge < -0.3 is 14.7 Å². The van der Waals surface area contributed by atoms with E-state index < -0.39 is 5.66 Å². The van der Waals surface area contributed by atoms with Gasteiger partial charge in [-0.3, -0.25) is 19.3 Å². The summed E-state index contributed by atoms with van der Waals surface area (Å²) >= 11 is 0. The van der Waals surface area contributed by atoms with E-state index in [1.807, 2.05) is 34.9 Å². The minimum absolute atomic E-state index is 0.0343. The van der Waals surface area contributed by atoms with Crippen LogP contribution in [0.2, 0.25) is 0 Å². The van der Waals surface area contributed by atoms with E-state index in [4.69, 9.17) is 0 Å². The molecule has 1 atom stereocenters. The van der Waals surface area contributed by atoms with Crippen LogP contribution in [-0.4, -0.2) is 76.8 Å². The van der Waals surface area contributed by atoms with E-state index in [2.05, 4.69) is 4.90 Å². The van der Waals surface area contributed by atoms with Crippen molar-refractivity contribution in [3.8, 4) is 0 Å². The average molecular weight is 439 g/mol. The van der Waals surface area contributed by atoms with Gasteiger partial charge in [-0.1, -0.05) is 12.1 Å². The molecule has 172 valence electrons. The quantitative estimate of drug-likeness (QED) is 0.709. The van der Waals surface area contributed by atoms with Crippen LogP contribution >= 0.6 is 0 Å². The normalized spacial score (nSPS) is 26.6. The van der Waals surface area contributed by atoms with E-state index in [-0.39, 0.29) is 17.7 Å². The lowest BCUT2D eigenvalue weighted by Crippen LogP contribution is -2.62. The molecule has 3 saturated heterocycles. The number of piperidine rings is 1. The van der Waals surface area contributed by atoms with Gasteiger partial charge in [-0.2, -0.15) is 0 Å². The van der Waals surface area contributed by atoms with Gasteiger partial charge in [0, 0.05) is 38.5 Å². The van der Waals surface area contributed by atoms with E-state index in [1.54, 1.807) is 11.0 Å². The van der Waals surface area contributed by atoms with Gasteiger partial charge >= 0.3 is 0 Å². The Bertz CT molecular complexity index is 904. The monoisotopic (exact) mass is 438 g/mol. The zero-order valence-electron chi connectivity index (χ0n) is 19.1. The van der Waals surface area contributed by atoms with Crippen molar-refractivity contribution >= 4 is 23.4 Å². The molecular weight excluding hydrogens is 404 g/mol. The summed E-state index contributed by atoms with van der Waals surface area (Å²) in [5.74, 6) is 0.224. The van der Waals surface area contributed by atoms with E-state index >= 15 is 0 Å². The molecule has 0 N–H and O–H groups in total. The maximum absolute atomic E-state index is 13.3. The van der Waals surface area contributed by atoms with E-state index in [9.17, 15) is 14.4 Å². The number of carbonyl (C=O) groups excluding carboxylic acids is 3. The predicted octanol–water partition coefficient (Wildman–Crippen LogP) is 2.85. The van der Waals surface area contributed by atoms with Gasteiger partial charge in [0.05, 0.1) is 11.3 Å². The average Bonchev–Trinajstić information content (AvgIpc) is 3.45. The maximum atomic E-state index is 13.3. The largest absolute Gasteiger partial charge is 0.343 e. The molecule has 32 heavy (non-hydrogen) atoms. The Morgan fingerprint density at radius 3 is 2.53 bits per heavy atom. The molecule has 0 spiro atoms. The summed E-state index contributed by atoms with van der Waals surface area (Å²) in [5, 5.41) is 0. The molecule has 0 saturated carbocycles. The van der Waals surface area contributed by atoms with Gasteiger partial charge in [0.2, 0.25) is 11.8 Å². The number of hydrogen-bond donors (Lipinski definition) is 0. The minimum Gasteiger partial charge on any atom is -0.343 e. The zero-order chi connectivity index (χ0) is 22.3. The second-order valence-corrected chi connectivity index (χ2v) is 9.88. The van der Waals surface area contributed by atoms with Crippen LogP contribution in [0.1, 0.15) is 68.6 Å². The lowest BCUT2D eigenvalue weighted by Gasteiger charge is -2.48. The van der Waals surface area contributed by atoms with Crippen LogP contribution in [0, 0.1) is 0 Å². The van der Waals surface area contributed by atoms with Crippen molar-refractivity contribution in [2.24, 2.45) is 0 Å². The number of hydrogen-bond acceptors (Lipinski definition) is 4. The highest BCUT2D eigenvalue weighted by molar-refractivity contribution is 6.10. The summed E-state index contributed by atoms with van der Waals surface area (Å²) in [6.07, 6.45) is 6.90. The first kappa shape index (κ1) is 21.4. The van der Waals surface area contributed by atoms with Crippen LogP contribution < -0.4 is 4.90 Å². The highest BCUT2D eigenvalue weighted by atomic mass is 16.2. The number of para-hydroxylation sites is 1. The number of fused-ring (bicyclic) bond motifs is 3. The Hall–Kier alpha value is -2.41. The Balaban J connectivity index is 1.19. The molecule has 3 amide bonds. The summed E-state index contributed by atoms with van der Waals surface area (Å²) in [7, 11) is 0. The van der Waals surface area contributed by atoms with Gasteiger partial charge in [-0.15, -0.1) is 0 Å². The number of carbonyl (C=O) groups is 3. The van der Waals surface area contributed by atoms with Crippen LogP contribution in [-0.2, 0) is 9.59 Å². The molecule has 1 aromatic carbocycles. The maximum Gasteiger partial charge on any atom is 0.257 e. The predicted molar refractivity (Wildman–Crippen MR) is 122 cm³/mol. The molecule has 4 heterocycles. The molecule has 7 nitrogen and oxygen atoms in total. The lowest BCUT2D eigenvalue weighted by atomic mass is 9.97. The molecular formula is C25H34N4O3. The van der Waals surface area contributed by atoms with Crippen molar-refractivity contribution in [3.05, 3.63) is 29.8 Å². The number of nitrogens with zero attached hydrogens (tertiary/aromatic N) is 4. The standard InChI is InChI=1S/C25H34N4O3/c1-25-13-10-23(31)29(25)21-8-3-2-7-20(21)24(32)28(25)16-6-9-22(30)27-17-11-19(12-18-27)26-14-4-5-15-26/h2-3,7-8,19H,4-6,9-18H2,1H3. The molecule has 1 unspecified atom stereocenters. The molecule has 1 aromatic rings. The Morgan fingerprint density at radius 2 is 1.78 bits per heavy atom. The van der Waals surface area contributed by atoms with Crippen LogP contribution in [0.3, 0.4) is 0 Å². The van der Waals surface area contributed by atoms with Crippen LogP contribution in [0.5, 0.6) is 0 Å². The molecule has 0 aliphatic carbocycles. The number of anilines is 1. The van der Waals surface area contributed by atoms with Crippen LogP contribution in [0.4, 0.5) is 5.69 Å². The molecule has 0 radical (unpaired) electrons. The summed E-state index contributed by atoms with van der Waals surface area (Å²) in [5.41, 5.74) is 0.658. The number of benzene rings is 1.